The molecule has 1 heterocycles. The smallest absolute Gasteiger partial charge is 0.261 e. The zero-order valence-electron chi connectivity index (χ0n) is 17.2. The largest absolute Gasteiger partial charge is 0.405 e. The van der Waals surface area contributed by atoms with Crippen LogP contribution in [0.25, 0.3) is 0 Å². The molecule has 1 fully saturated rings. The Kier molecular flexibility index (Phi) is 6.72. The summed E-state index contributed by atoms with van der Waals surface area (Å²) in [6, 6.07) is 23.7. The van der Waals surface area contributed by atoms with Crippen molar-refractivity contribution in [2.24, 2.45) is 5.92 Å². The highest BCUT2D eigenvalue weighted by Gasteiger charge is 2.50. The fraction of sp³-hybridized carbons (Fsp3) is 0.458. The van der Waals surface area contributed by atoms with E-state index in [4.69, 9.17) is 14.4 Å². The highest BCUT2D eigenvalue weighted by molar-refractivity contribution is 6.99. The first-order valence-electron chi connectivity index (χ1n) is 10.2. The molecule has 1 aliphatic heterocycles. The fourth-order valence-electron chi connectivity index (χ4n) is 4.26. The Morgan fingerprint density at radius 3 is 2.00 bits per heavy atom. The van der Waals surface area contributed by atoms with E-state index in [1.165, 1.54) is 10.4 Å². The number of ether oxygens (including phenoxy) is 1. The monoisotopic (exact) mass is 393 g/mol. The predicted molar refractivity (Wildman–Crippen MR) is 116 cm³/mol. The summed E-state index contributed by atoms with van der Waals surface area (Å²) in [6.07, 6.45) is 2.70. The van der Waals surface area contributed by atoms with Crippen LogP contribution in [0.3, 0.4) is 0 Å². The minimum absolute atomic E-state index is 0.0201. The first-order valence-corrected chi connectivity index (χ1v) is 12.1. The highest BCUT2D eigenvalue weighted by Crippen LogP contribution is 2.37. The lowest BCUT2D eigenvalue weighted by Gasteiger charge is -2.44. The summed E-state index contributed by atoms with van der Waals surface area (Å²) in [5, 5.41) is 11.5. The second kappa shape index (κ2) is 9.04. The van der Waals surface area contributed by atoms with Gasteiger partial charge in [0.25, 0.3) is 8.32 Å². The van der Waals surface area contributed by atoms with E-state index in [0.29, 0.717) is 25.6 Å². The molecule has 3 nitrogen and oxygen atoms in total. The first kappa shape index (κ1) is 20.8. The van der Waals surface area contributed by atoms with E-state index in [1.807, 2.05) is 0 Å². The van der Waals surface area contributed by atoms with Crippen LogP contribution in [-0.4, -0.2) is 27.6 Å². The molecule has 0 aromatic heterocycles. The van der Waals surface area contributed by atoms with Crippen LogP contribution in [0.4, 0.5) is 0 Å². The minimum atomic E-state index is -2.50. The number of hydrogen-bond donors (Lipinski definition) is 0. The van der Waals surface area contributed by atoms with Crippen LogP contribution in [0, 0.1) is 17.2 Å². The van der Waals surface area contributed by atoms with Gasteiger partial charge in [-0.15, -0.1) is 0 Å². The number of nitrogens with zero attached hydrogens (tertiary/aromatic N) is 1. The lowest BCUT2D eigenvalue weighted by Crippen LogP contribution is -2.67. The molecule has 28 heavy (non-hydrogen) atoms. The number of nitriles is 1. The minimum Gasteiger partial charge on any atom is -0.405 e. The van der Waals surface area contributed by atoms with Crippen molar-refractivity contribution in [3.63, 3.8) is 0 Å². The lowest BCUT2D eigenvalue weighted by atomic mass is 9.96. The van der Waals surface area contributed by atoms with E-state index >= 15 is 0 Å². The summed E-state index contributed by atoms with van der Waals surface area (Å²) in [4.78, 5) is 0. The maximum Gasteiger partial charge on any atom is 0.261 e. The van der Waals surface area contributed by atoms with Gasteiger partial charge in [-0.3, -0.25) is 0 Å². The molecule has 0 saturated carbocycles. The van der Waals surface area contributed by atoms with Gasteiger partial charge in [0.1, 0.15) is 0 Å². The summed E-state index contributed by atoms with van der Waals surface area (Å²) in [7, 11) is -2.50. The molecule has 0 aliphatic carbocycles. The molecular weight excluding hydrogens is 362 g/mol. The molecule has 0 amide bonds. The third-order valence-corrected chi connectivity index (χ3v) is 10.8. The average Bonchev–Trinajstić information content (AvgIpc) is 2.70. The molecule has 1 aliphatic rings. The molecule has 3 rings (SSSR count). The van der Waals surface area contributed by atoms with E-state index in [1.54, 1.807) is 0 Å². The van der Waals surface area contributed by atoms with E-state index in [9.17, 15) is 0 Å². The summed E-state index contributed by atoms with van der Waals surface area (Å²) < 4.78 is 13.0. The quantitative estimate of drug-likeness (QED) is 0.688. The van der Waals surface area contributed by atoms with Crippen LogP contribution in [0.5, 0.6) is 0 Å². The zero-order valence-corrected chi connectivity index (χ0v) is 18.2. The predicted octanol–water partition coefficient (Wildman–Crippen LogP) is 4.27. The average molecular weight is 394 g/mol. The van der Waals surface area contributed by atoms with Gasteiger partial charge in [0.05, 0.1) is 25.4 Å². The van der Waals surface area contributed by atoms with Gasteiger partial charge in [-0.05, 0) is 34.2 Å². The van der Waals surface area contributed by atoms with Gasteiger partial charge in [-0.25, -0.2) is 0 Å². The Morgan fingerprint density at radius 1 is 1.00 bits per heavy atom. The fourth-order valence-corrected chi connectivity index (χ4v) is 8.85. The lowest BCUT2D eigenvalue weighted by molar-refractivity contribution is -0.0380. The summed E-state index contributed by atoms with van der Waals surface area (Å²) in [5.41, 5.74) is 0. The van der Waals surface area contributed by atoms with Gasteiger partial charge < -0.3 is 9.16 Å². The SMILES string of the molecule is CC(C)(C)[Si](OCC1CCC(CC#N)CO1)(c1ccccc1)c1ccccc1. The number of benzene rings is 2. The number of hydrogen-bond acceptors (Lipinski definition) is 3. The van der Waals surface area contributed by atoms with Crippen molar-refractivity contribution < 1.29 is 9.16 Å². The van der Waals surface area contributed by atoms with Gasteiger partial charge >= 0.3 is 0 Å². The molecule has 4 heteroatoms. The van der Waals surface area contributed by atoms with Crippen molar-refractivity contribution in [1.82, 2.24) is 0 Å². The Morgan fingerprint density at radius 2 is 1.57 bits per heavy atom. The number of rotatable bonds is 6. The molecule has 2 aromatic rings. The van der Waals surface area contributed by atoms with Gasteiger partial charge in [-0.1, -0.05) is 81.4 Å². The Bertz CT molecular complexity index is 732. The van der Waals surface area contributed by atoms with Crippen LogP contribution in [0.1, 0.15) is 40.0 Å². The van der Waals surface area contributed by atoms with Gasteiger partial charge in [0, 0.05) is 6.42 Å². The summed E-state index contributed by atoms with van der Waals surface area (Å²) in [5.74, 6) is 0.370. The third kappa shape index (κ3) is 4.38. The van der Waals surface area contributed by atoms with Crippen molar-refractivity contribution in [3.8, 4) is 6.07 Å². The van der Waals surface area contributed by atoms with E-state index < -0.39 is 8.32 Å². The van der Waals surface area contributed by atoms with Crippen LogP contribution in [0.15, 0.2) is 60.7 Å². The van der Waals surface area contributed by atoms with Gasteiger partial charge in [0.15, 0.2) is 0 Å². The Balaban J connectivity index is 1.88. The molecule has 2 atom stereocenters. The molecule has 1 saturated heterocycles. The zero-order chi connectivity index (χ0) is 20.0. The normalized spacial score (nSPS) is 20.5. The van der Waals surface area contributed by atoms with Gasteiger partial charge in [-0.2, -0.15) is 5.26 Å². The van der Waals surface area contributed by atoms with Crippen LogP contribution < -0.4 is 10.4 Å². The molecule has 0 bridgehead atoms. The molecule has 2 unspecified atom stereocenters. The molecule has 148 valence electrons. The molecule has 2 aromatic carbocycles. The van der Waals surface area contributed by atoms with E-state index in [0.717, 1.165) is 12.8 Å². The van der Waals surface area contributed by atoms with Crippen LogP contribution in [0.2, 0.25) is 5.04 Å². The second-order valence-corrected chi connectivity index (χ2v) is 13.0. The summed E-state index contributed by atoms with van der Waals surface area (Å²) >= 11 is 0. The molecule has 0 N–H and O–H groups in total. The van der Waals surface area contributed by atoms with E-state index in [2.05, 4.69) is 87.5 Å². The van der Waals surface area contributed by atoms with E-state index in [-0.39, 0.29) is 11.1 Å². The third-order valence-electron chi connectivity index (χ3n) is 5.75. The van der Waals surface area contributed by atoms with Crippen molar-refractivity contribution in [2.75, 3.05) is 13.2 Å². The highest BCUT2D eigenvalue weighted by atomic mass is 28.4. The second-order valence-electron chi connectivity index (χ2n) is 8.74. The standard InChI is InChI=1S/C24H31NO2Si/c1-24(2,3)28(22-10-6-4-7-11-22,23-12-8-5-9-13-23)27-19-21-15-14-20(16-17-25)18-26-21/h4-13,20-21H,14-16,18-19H2,1-3H3. The molecule has 0 radical (unpaired) electrons. The maximum atomic E-state index is 8.91. The van der Waals surface area contributed by atoms with Crippen molar-refractivity contribution >= 4 is 18.7 Å². The molecule has 0 spiro atoms. The Labute approximate surface area is 170 Å². The maximum absolute atomic E-state index is 8.91. The van der Waals surface area contributed by atoms with Crippen LogP contribution in [-0.2, 0) is 9.16 Å². The van der Waals surface area contributed by atoms with Crippen molar-refractivity contribution in [1.29, 1.82) is 5.26 Å². The van der Waals surface area contributed by atoms with Crippen molar-refractivity contribution in [2.45, 2.75) is 51.2 Å². The Hall–Kier alpha value is -1.93. The molecular formula is C24H31NO2Si. The van der Waals surface area contributed by atoms with Gasteiger partial charge in [0.2, 0.25) is 0 Å². The first-order chi connectivity index (χ1) is 13.5. The topological polar surface area (TPSA) is 42.2 Å². The van der Waals surface area contributed by atoms with Crippen molar-refractivity contribution in [3.05, 3.63) is 60.7 Å². The summed E-state index contributed by atoms with van der Waals surface area (Å²) in [6.45, 7) is 8.16. The van der Waals surface area contributed by atoms with Crippen LogP contribution >= 0.6 is 0 Å².